The van der Waals surface area contributed by atoms with Crippen molar-refractivity contribution in [2.24, 2.45) is 0 Å². The van der Waals surface area contributed by atoms with Crippen LogP contribution in [-0.2, 0) is 11.3 Å². The monoisotopic (exact) mass is 346 g/mol. The molecule has 6 heteroatoms. The molecule has 3 rings (SSSR count). The fourth-order valence-electron chi connectivity index (χ4n) is 2.65. The van der Waals surface area contributed by atoms with E-state index in [0.29, 0.717) is 5.56 Å². The van der Waals surface area contributed by atoms with Crippen molar-refractivity contribution < 1.29 is 14.6 Å². The SMILES string of the molecule is O=C(NCC(O)c1ccsc1)c1ccc(CN2CCOCC2)cc1. The minimum Gasteiger partial charge on any atom is -0.387 e. The van der Waals surface area contributed by atoms with Crippen molar-refractivity contribution >= 4 is 17.2 Å². The third-order valence-corrected chi connectivity index (χ3v) is 4.81. The summed E-state index contributed by atoms with van der Waals surface area (Å²) in [4.78, 5) is 14.5. The van der Waals surface area contributed by atoms with Crippen molar-refractivity contribution in [2.75, 3.05) is 32.8 Å². The number of carbonyl (C=O) groups excluding carboxylic acids is 1. The Balaban J connectivity index is 1.50. The lowest BCUT2D eigenvalue weighted by Gasteiger charge is -2.26. The molecule has 1 amide bonds. The number of aliphatic hydroxyl groups excluding tert-OH is 1. The molecule has 5 nitrogen and oxygen atoms in total. The van der Waals surface area contributed by atoms with Gasteiger partial charge in [-0.3, -0.25) is 9.69 Å². The van der Waals surface area contributed by atoms with Gasteiger partial charge in [-0.15, -0.1) is 0 Å². The van der Waals surface area contributed by atoms with Gasteiger partial charge >= 0.3 is 0 Å². The van der Waals surface area contributed by atoms with Gasteiger partial charge in [0.2, 0.25) is 0 Å². The lowest BCUT2D eigenvalue weighted by Crippen LogP contribution is -2.35. The number of hydrogen-bond acceptors (Lipinski definition) is 5. The van der Waals surface area contributed by atoms with E-state index in [1.165, 1.54) is 16.9 Å². The molecule has 24 heavy (non-hydrogen) atoms. The van der Waals surface area contributed by atoms with Crippen LogP contribution in [0.1, 0.15) is 27.6 Å². The summed E-state index contributed by atoms with van der Waals surface area (Å²) < 4.78 is 5.35. The molecule has 0 aliphatic carbocycles. The van der Waals surface area contributed by atoms with Crippen molar-refractivity contribution in [1.29, 1.82) is 0 Å². The van der Waals surface area contributed by atoms with Gasteiger partial charge in [-0.1, -0.05) is 12.1 Å². The smallest absolute Gasteiger partial charge is 0.251 e. The number of aliphatic hydroxyl groups is 1. The van der Waals surface area contributed by atoms with E-state index < -0.39 is 6.10 Å². The van der Waals surface area contributed by atoms with Crippen LogP contribution in [0, 0.1) is 0 Å². The average Bonchev–Trinajstić information content (AvgIpc) is 3.16. The number of ether oxygens (including phenoxy) is 1. The van der Waals surface area contributed by atoms with Gasteiger partial charge in [0.25, 0.3) is 5.91 Å². The number of nitrogens with one attached hydrogen (secondary N) is 1. The first-order valence-electron chi connectivity index (χ1n) is 8.10. The van der Waals surface area contributed by atoms with E-state index in [9.17, 15) is 9.90 Å². The summed E-state index contributed by atoms with van der Waals surface area (Å²) in [6.07, 6.45) is -0.666. The van der Waals surface area contributed by atoms with E-state index in [0.717, 1.165) is 38.4 Å². The van der Waals surface area contributed by atoms with Crippen LogP contribution >= 0.6 is 11.3 Å². The molecule has 0 radical (unpaired) electrons. The fraction of sp³-hybridized carbons (Fsp3) is 0.389. The van der Waals surface area contributed by atoms with Gasteiger partial charge in [0.05, 0.1) is 19.3 Å². The second-order valence-electron chi connectivity index (χ2n) is 5.87. The number of nitrogens with zero attached hydrogens (tertiary/aromatic N) is 1. The minimum atomic E-state index is -0.666. The molecule has 1 saturated heterocycles. The lowest BCUT2D eigenvalue weighted by atomic mass is 10.1. The molecule has 1 aliphatic rings. The van der Waals surface area contributed by atoms with E-state index in [4.69, 9.17) is 4.74 Å². The predicted octanol–water partition coefficient (Wildman–Crippen LogP) is 2.04. The third-order valence-electron chi connectivity index (χ3n) is 4.11. The molecular formula is C18H22N2O3S. The zero-order chi connectivity index (χ0) is 16.8. The van der Waals surface area contributed by atoms with Crippen LogP contribution in [0.5, 0.6) is 0 Å². The van der Waals surface area contributed by atoms with Gasteiger partial charge in [-0.05, 0) is 40.1 Å². The van der Waals surface area contributed by atoms with E-state index in [-0.39, 0.29) is 12.5 Å². The number of amides is 1. The molecule has 1 aromatic heterocycles. The van der Waals surface area contributed by atoms with Gasteiger partial charge in [-0.25, -0.2) is 0 Å². The molecule has 0 spiro atoms. The summed E-state index contributed by atoms with van der Waals surface area (Å²) >= 11 is 1.53. The summed E-state index contributed by atoms with van der Waals surface area (Å²) in [6.45, 7) is 4.55. The molecule has 1 unspecified atom stereocenters. The van der Waals surface area contributed by atoms with E-state index >= 15 is 0 Å². The highest BCUT2D eigenvalue weighted by molar-refractivity contribution is 7.07. The van der Waals surface area contributed by atoms with Crippen molar-refractivity contribution in [3.63, 3.8) is 0 Å². The van der Waals surface area contributed by atoms with Gasteiger partial charge in [-0.2, -0.15) is 11.3 Å². The molecule has 1 aromatic carbocycles. The predicted molar refractivity (Wildman–Crippen MR) is 94.2 cm³/mol. The highest BCUT2D eigenvalue weighted by atomic mass is 32.1. The van der Waals surface area contributed by atoms with E-state index in [2.05, 4.69) is 10.2 Å². The van der Waals surface area contributed by atoms with Crippen molar-refractivity contribution in [1.82, 2.24) is 10.2 Å². The summed E-state index contributed by atoms with van der Waals surface area (Å²) in [7, 11) is 0. The zero-order valence-electron chi connectivity index (χ0n) is 13.5. The van der Waals surface area contributed by atoms with Crippen LogP contribution in [0.4, 0.5) is 0 Å². The summed E-state index contributed by atoms with van der Waals surface area (Å²) in [5.74, 6) is -0.165. The first kappa shape index (κ1) is 17.1. The molecule has 2 heterocycles. The van der Waals surface area contributed by atoms with Crippen LogP contribution in [-0.4, -0.2) is 48.8 Å². The maximum absolute atomic E-state index is 12.2. The summed E-state index contributed by atoms with van der Waals surface area (Å²) in [5, 5.41) is 16.6. The molecule has 2 aromatic rings. The Morgan fingerprint density at radius 1 is 1.25 bits per heavy atom. The highest BCUT2D eigenvalue weighted by Gasteiger charge is 2.13. The van der Waals surface area contributed by atoms with Crippen LogP contribution < -0.4 is 5.32 Å². The Morgan fingerprint density at radius 3 is 2.67 bits per heavy atom. The maximum atomic E-state index is 12.2. The first-order chi connectivity index (χ1) is 11.7. The van der Waals surface area contributed by atoms with Gasteiger partial charge in [0, 0.05) is 31.7 Å². The molecule has 0 bridgehead atoms. The number of carbonyl (C=O) groups is 1. The Morgan fingerprint density at radius 2 is 2.00 bits per heavy atom. The zero-order valence-corrected chi connectivity index (χ0v) is 14.3. The van der Waals surface area contributed by atoms with Crippen LogP contribution in [0.15, 0.2) is 41.1 Å². The molecule has 1 atom stereocenters. The van der Waals surface area contributed by atoms with E-state index in [1.807, 2.05) is 41.1 Å². The molecule has 1 fully saturated rings. The number of thiophene rings is 1. The molecule has 128 valence electrons. The van der Waals surface area contributed by atoms with Crippen molar-refractivity contribution in [3.8, 4) is 0 Å². The van der Waals surface area contributed by atoms with Gasteiger partial charge < -0.3 is 15.2 Å². The average molecular weight is 346 g/mol. The summed E-state index contributed by atoms with van der Waals surface area (Å²) in [5.41, 5.74) is 2.63. The second kappa shape index (κ2) is 8.39. The molecule has 0 saturated carbocycles. The van der Waals surface area contributed by atoms with Crippen molar-refractivity contribution in [3.05, 3.63) is 57.8 Å². The third kappa shape index (κ3) is 4.64. The van der Waals surface area contributed by atoms with Gasteiger partial charge in [0.1, 0.15) is 0 Å². The summed E-state index contributed by atoms with van der Waals surface area (Å²) in [6, 6.07) is 9.51. The Bertz CT molecular complexity index is 637. The van der Waals surface area contributed by atoms with E-state index in [1.54, 1.807) is 0 Å². The van der Waals surface area contributed by atoms with Gasteiger partial charge in [0.15, 0.2) is 0 Å². The normalized spacial score (nSPS) is 16.7. The minimum absolute atomic E-state index is 0.165. The number of benzene rings is 1. The standard InChI is InChI=1S/C18H22N2O3S/c21-17(16-5-10-24-13-16)11-19-18(22)15-3-1-14(2-4-15)12-20-6-8-23-9-7-20/h1-5,10,13,17,21H,6-9,11-12H2,(H,19,22). The molecule has 2 N–H and O–H groups in total. The maximum Gasteiger partial charge on any atom is 0.251 e. The Hall–Kier alpha value is -1.73. The largest absolute Gasteiger partial charge is 0.387 e. The van der Waals surface area contributed by atoms with Crippen molar-refractivity contribution in [2.45, 2.75) is 12.6 Å². The van der Waals surface area contributed by atoms with Crippen LogP contribution in [0.3, 0.4) is 0 Å². The Kier molecular flexibility index (Phi) is 5.98. The number of rotatable bonds is 6. The second-order valence-corrected chi connectivity index (χ2v) is 6.65. The lowest BCUT2D eigenvalue weighted by molar-refractivity contribution is 0.0342. The molecular weight excluding hydrogens is 324 g/mol. The van der Waals surface area contributed by atoms with Crippen LogP contribution in [0.2, 0.25) is 0 Å². The quantitative estimate of drug-likeness (QED) is 0.840. The topological polar surface area (TPSA) is 61.8 Å². The Labute approximate surface area is 145 Å². The molecule has 1 aliphatic heterocycles. The number of morpholine rings is 1. The van der Waals surface area contributed by atoms with Crippen LogP contribution in [0.25, 0.3) is 0 Å². The fourth-order valence-corrected chi connectivity index (χ4v) is 3.36. The first-order valence-corrected chi connectivity index (χ1v) is 9.04. The highest BCUT2D eigenvalue weighted by Crippen LogP contribution is 2.15. The number of hydrogen-bond donors (Lipinski definition) is 2.